The summed E-state index contributed by atoms with van der Waals surface area (Å²) >= 11 is 0. The topological polar surface area (TPSA) is 67.4 Å². The molecule has 0 fully saturated rings. The molecule has 0 aliphatic heterocycles. The van der Waals surface area contributed by atoms with Crippen molar-refractivity contribution < 1.29 is 14.3 Å². The molecule has 0 heterocycles. The minimum absolute atomic E-state index is 0.152. The largest absolute Gasteiger partial charge is 0.481 e. The number of carbonyl (C=O) groups excluding carboxylic acids is 2. The zero-order valence-electron chi connectivity index (χ0n) is 14.1. The summed E-state index contributed by atoms with van der Waals surface area (Å²) in [6.45, 7) is 5.19. The molecular weight excluding hydrogens is 304 g/mol. The Balaban J connectivity index is 2.11. The van der Waals surface area contributed by atoms with Gasteiger partial charge in [0.2, 0.25) is 5.91 Å². The lowest BCUT2D eigenvalue weighted by molar-refractivity contribution is -0.122. The van der Waals surface area contributed by atoms with Crippen LogP contribution in [0, 0.1) is 6.92 Å². The smallest absolute Gasteiger partial charge is 0.265 e. The van der Waals surface area contributed by atoms with Crippen LogP contribution in [0.15, 0.2) is 48.5 Å². The van der Waals surface area contributed by atoms with E-state index in [1.165, 1.54) is 6.92 Å². The summed E-state index contributed by atoms with van der Waals surface area (Å²) in [6, 6.07) is 14.6. The van der Waals surface area contributed by atoms with E-state index in [2.05, 4.69) is 10.6 Å². The lowest BCUT2D eigenvalue weighted by atomic mass is 10.1. The molecule has 0 radical (unpaired) electrons. The summed E-state index contributed by atoms with van der Waals surface area (Å²) in [5.74, 6) is 0.285. The van der Waals surface area contributed by atoms with Gasteiger partial charge in [-0.3, -0.25) is 9.59 Å². The van der Waals surface area contributed by atoms with Crippen LogP contribution in [-0.2, 0) is 9.59 Å². The van der Waals surface area contributed by atoms with E-state index < -0.39 is 6.10 Å². The van der Waals surface area contributed by atoms with Gasteiger partial charge in [-0.25, -0.2) is 0 Å². The number of hydrogen-bond acceptors (Lipinski definition) is 3. The van der Waals surface area contributed by atoms with E-state index in [4.69, 9.17) is 4.74 Å². The molecule has 0 aromatic heterocycles. The summed E-state index contributed by atoms with van der Waals surface area (Å²) in [4.78, 5) is 23.7. The van der Waals surface area contributed by atoms with E-state index in [-0.39, 0.29) is 11.8 Å². The second kappa shape index (κ2) is 8.15. The lowest BCUT2D eigenvalue weighted by Crippen LogP contribution is -2.32. The van der Waals surface area contributed by atoms with Gasteiger partial charge in [-0.05, 0) is 43.2 Å². The molecule has 126 valence electrons. The number of carbonyl (C=O) groups is 2. The van der Waals surface area contributed by atoms with Gasteiger partial charge in [0.1, 0.15) is 5.75 Å². The van der Waals surface area contributed by atoms with Crippen LogP contribution < -0.4 is 15.4 Å². The van der Waals surface area contributed by atoms with Gasteiger partial charge in [-0.15, -0.1) is 0 Å². The van der Waals surface area contributed by atoms with Crippen LogP contribution in [0.4, 0.5) is 11.4 Å². The van der Waals surface area contributed by atoms with Crippen LogP contribution in [0.5, 0.6) is 5.75 Å². The molecule has 0 saturated heterocycles. The van der Waals surface area contributed by atoms with Gasteiger partial charge in [0, 0.05) is 18.3 Å². The average molecular weight is 326 g/mol. The summed E-state index contributed by atoms with van der Waals surface area (Å²) in [6.07, 6.45) is -0.0400. The number of nitrogens with one attached hydrogen (secondary N) is 2. The normalized spacial score (nSPS) is 11.5. The monoisotopic (exact) mass is 326 g/mol. The maximum absolute atomic E-state index is 12.5. The van der Waals surface area contributed by atoms with Gasteiger partial charge in [-0.2, -0.15) is 0 Å². The Morgan fingerprint density at radius 1 is 1.00 bits per heavy atom. The van der Waals surface area contributed by atoms with E-state index in [1.807, 2.05) is 44.2 Å². The predicted octanol–water partition coefficient (Wildman–Crippen LogP) is 3.75. The van der Waals surface area contributed by atoms with Crippen molar-refractivity contribution in [3.63, 3.8) is 0 Å². The third kappa shape index (κ3) is 4.59. The Hall–Kier alpha value is -2.82. The van der Waals surface area contributed by atoms with Crippen molar-refractivity contribution in [3.8, 4) is 5.75 Å². The van der Waals surface area contributed by atoms with E-state index in [0.717, 1.165) is 5.56 Å². The molecule has 2 aromatic carbocycles. The van der Waals surface area contributed by atoms with Gasteiger partial charge in [0.15, 0.2) is 6.10 Å². The Kier molecular flexibility index (Phi) is 5.95. The lowest BCUT2D eigenvalue weighted by Gasteiger charge is -2.19. The van der Waals surface area contributed by atoms with Crippen molar-refractivity contribution in [1.29, 1.82) is 0 Å². The third-order valence-electron chi connectivity index (χ3n) is 3.59. The van der Waals surface area contributed by atoms with Gasteiger partial charge < -0.3 is 15.4 Å². The SMILES string of the molecule is CCC(Oc1ccccc1)C(=O)Nc1cccc(NC(C)=O)c1C. The maximum Gasteiger partial charge on any atom is 0.265 e. The molecule has 2 N–H and O–H groups in total. The average Bonchev–Trinajstić information content (AvgIpc) is 2.56. The third-order valence-corrected chi connectivity index (χ3v) is 3.59. The van der Waals surface area contributed by atoms with E-state index in [1.54, 1.807) is 18.2 Å². The quantitative estimate of drug-likeness (QED) is 0.849. The summed E-state index contributed by atoms with van der Waals surface area (Å²) in [5, 5.41) is 5.63. The van der Waals surface area contributed by atoms with Gasteiger partial charge in [0.05, 0.1) is 0 Å². The van der Waals surface area contributed by atoms with Crippen molar-refractivity contribution in [3.05, 3.63) is 54.1 Å². The van der Waals surface area contributed by atoms with Gasteiger partial charge >= 0.3 is 0 Å². The molecule has 0 bridgehead atoms. The maximum atomic E-state index is 12.5. The van der Waals surface area contributed by atoms with E-state index in [0.29, 0.717) is 23.5 Å². The molecule has 24 heavy (non-hydrogen) atoms. The van der Waals surface area contributed by atoms with Crippen molar-refractivity contribution in [2.24, 2.45) is 0 Å². The molecule has 2 rings (SSSR count). The highest BCUT2D eigenvalue weighted by atomic mass is 16.5. The number of ether oxygens (including phenoxy) is 1. The van der Waals surface area contributed by atoms with Crippen LogP contribution in [0.1, 0.15) is 25.8 Å². The Morgan fingerprint density at radius 3 is 2.21 bits per heavy atom. The number of anilines is 2. The molecular formula is C19H22N2O3. The van der Waals surface area contributed by atoms with Crippen LogP contribution in [0.25, 0.3) is 0 Å². The Labute approximate surface area is 142 Å². The molecule has 0 aliphatic carbocycles. The van der Waals surface area contributed by atoms with Crippen molar-refractivity contribution in [2.75, 3.05) is 10.6 Å². The predicted molar refractivity (Wildman–Crippen MR) is 95.3 cm³/mol. The highest BCUT2D eigenvalue weighted by Gasteiger charge is 2.19. The highest BCUT2D eigenvalue weighted by molar-refractivity contribution is 5.97. The molecule has 5 heteroatoms. The van der Waals surface area contributed by atoms with E-state index >= 15 is 0 Å². The van der Waals surface area contributed by atoms with Crippen LogP contribution in [0.3, 0.4) is 0 Å². The minimum atomic E-state index is -0.587. The first kappa shape index (κ1) is 17.5. The highest BCUT2D eigenvalue weighted by Crippen LogP contribution is 2.24. The van der Waals surface area contributed by atoms with Gasteiger partial charge in [0.25, 0.3) is 5.91 Å². The molecule has 5 nitrogen and oxygen atoms in total. The first-order valence-electron chi connectivity index (χ1n) is 7.91. The molecule has 2 amide bonds. The standard InChI is InChI=1S/C19H22N2O3/c1-4-18(24-15-9-6-5-7-10-15)19(23)21-17-12-8-11-16(13(17)2)20-14(3)22/h5-12,18H,4H2,1-3H3,(H,20,22)(H,21,23). The number of rotatable bonds is 6. The minimum Gasteiger partial charge on any atom is -0.481 e. The van der Waals surface area contributed by atoms with Crippen molar-refractivity contribution in [1.82, 2.24) is 0 Å². The van der Waals surface area contributed by atoms with Crippen LogP contribution in [-0.4, -0.2) is 17.9 Å². The molecule has 0 aliphatic rings. The first-order valence-corrected chi connectivity index (χ1v) is 7.91. The summed E-state index contributed by atoms with van der Waals surface area (Å²) in [5.41, 5.74) is 2.13. The number of amides is 2. The van der Waals surface area contributed by atoms with Crippen molar-refractivity contribution >= 4 is 23.2 Å². The van der Waals surface area contributed by atoms with Crippen LogP contribution in [0.2, 0.25) is 0 Å². The van der Waals surface area contributed by atoms with Crippen molar-refractivity contribution in [2.45, 2.75) is 33.3 Å². The molecule has 1 unspecified atom stereocenters. The molecule has 0 saturated carbocycles. The Bertz CT molecular complexity index is 714. The summed E-state index contributed by atoms with van der Waals surface area (Å²) < 4.78 is 5.75. The number of benzene rings is 2. The zero-order chi connectivity index (χ0) is 17.5. The summed E-state index contributed by atoms with van der Waals surface area (Å²) in [7, 11) is 0. The fourth-order valence-electron chi connectivity index (χ4n) is 2.29. The van der Waals surface area contributed by atoms with E-state index in [9.17, 15) is 9.59 Å². The first-order chi connectivity index (χ1) is 11.5. The number of para-hydroxylation sites is 1. The number of hydrogen-bond donors (Lipinski definition) is 2. The second-order valence-electron chi connectivity index (χ2n) is 5.48. The zero-order valence-corrected chi connectivity index (χ0v) is 14.1. The fourth-order valence-corrected chi connectivity index (χ4v) is 2.29. The molecule has 1 atom stereocenters. The second-order valence-corrected chi connectivity index (χ2v) is 5.48. The fraction of sp³-hybridized carbons (Fsp3) is 0.263. The van der Waals surface area contributed by atoms with Crippen LogP contribution >= 0.6 is 0 Å². The molecule has 2 aromatic rings. The van der Waals surface area contributed by atoms with Gasteiger partial charge in [-0.1, -0.05) is 31.2 Å². The Morgan fingerprint density at radius 2 is 1.62 bits per heavy atom. The molecule has 0 spiro atoms.